The minimum Gasteiger partial charge on any atom is -0.496 e. The largest absolute Gasteiger partial charge is 0.496 e. The highest BCUT2D eigenvalue weighted by atomic mass is 16.5. The molecular weight excluding hydrogens is 288 g/mol. The van der Waals surface area contributed by atoms with Gasteiger partial charge < -0.3 is 15.4 Å². The summed E-state index contributed by atoms with van der Waals surface area (Å²) >= 11 is 0. The van der Waals surface area contributed by atoms with Crippen LogP contribution in [0.2, 0.25) is 0 Å². The van der Waals surface area contributed by atoms with E-state index in [2.05, 4.69) is 28.8 Å². The Morgan fingerprint density at radius 2 is 2.04 bits per heavy atom. The van der Waals surface area contributed by atoms with E-state index in [0.717, 1.165) is 31.7 Å². The molecule has 0 spiro atoms. The summed E-state index contributed by atoms with van der Waals surface area (Å²) in [6.45, 7) is 1.75. The highest BCUT2D eigenvalue weighted by Gasteiger charge is 2.38. The van der Waals surface area contributed by atoms with Crippen LogP contribution in [0.25, 0.3) is 0 Å². The molecule has 2 N–H and O–H groups in total. The van der Waals surface area contributed by atoms with Gasteiger partial charge >= 0.3 is 0 Å². The quantitative estimate of drug-likeness (QED) is 0.878. The average molecular weight is 316 g/mol. The summed E-state index contributed by atoms with van der Waals surface area (Å²) < 4.78 is 5.62. The minimum atomic E-state index is 0.148. The van der Waals surface area contributed by atoms with E-state index in [-0.39, 0.29) is 11.3 Å². The van der Waals surface area contributed by atoms with Crippen molar-refractivity contribution in [3.63, 3.8) is 0 Å². The third-order valence-electron chi connectivity index (χ3n) is 5.45. The molecule has 1 atom stereocenters. The molecule has 1 saturated carbocycles. The lowest BCUT2D eigenvalue weighted by Gasteiger charge is -2.33. The van der Waals surface area contributed by atoms with Crippen LogP contribution in [0.1, 0.15) is 50.5 Å². The fourth-order valence-electron chi connectivity index (χ4n) is 4.16. The molecule has 1 aliphatic carbocycles. The van der Waals surface area contributed by atoms with Gasteiger partial charge in [-0.05, 0) is 31.7 Å². The van der Waals surface area contributed by atoms with Gasteiger partial charge in [0.2, 0.25) is 5.91 Å². The number of para-hydroxylation sites is 1. The zero-order valence-electron chi connectivity index (χ0n) is 14.1. The monoisotopic (exact) mass is 316 g/mol. The van der Waals surface area contributed by atoms with Crippen LogP contribution in [0.4, 0.5) is 0 Å². The second kappa shape index (κ2) is 7.35. The summed E-state index contributed by atoms with van der Waals surface area (Å²) in [5.74, 6) is 1.17. The van der Waals surface area contributed by atoms with Gasteiger partial charge in [0.25, 0.3) is 0 Å². The second-order valence-electron chi connectivity index (χ2n) is 6.96. The summed E-state index contributed by atoms with van der Waals surface area (Å²) in [5, 5.41) is 6.67. The Balaban J connectivity index is 1.75. The van der Waals surface area contributed by atoms with Gasteiger partial charge in [0, 0.05) is 36.5 Å². The standard InChI is InChI=1S/C19H28N2O2/c1-23-17-9-3-2-8-16(17)19(10-4-5-11-19)14-21-15-7-6-12-20-18(22)13-15/h2-3,8-9,15,21H,4-7,10-14H2,1H3,(H,20,22). The molecule has 1 unspecified atom stereocenters. The van der Waals surface area contributed by atoms with Crippen molar-refractivity contribution >= 4 is 5.91 Å². The third-order valence-corrected chi connectivity index (χ3v) is 5.45. The average Bonchev–Trinajstić information content (AvgIpc) is 2.96. The number of ether oxygens (including phenoxy) is 1. The van der Waals surface area contributed by atoms with Crippen LogP contribution in [0.15, 0.2) is 24.3 Å². The number of amides is 1. The lowest BCUT2D eigenvalue weighted by atomic mass is 9.78. The summed E-state index contributed by atoms with van der Waals surface area (Å²) in [7, 11) is 1.75. The lowest BCUT2D eigenvalue weighted by molar-refractivity contribution is -0.121. The molecule has 1 aromatic carbocycles. The van der Waals surface area contributed by atoms with Crippen LogP contribution < -0.4 is 15.4 Å². The zero-order chi connectivity index (χ0) is 16.1. The maximum Gasteiger partial charge on any atom is 0.221 e. The molecule has 0 bridgehead atoms. The van der Waals surface area contributed by atoms with Gasteiger partial charge in [-0.1, -0.05) is 31.0 Å². The number of methoxy groups -OCH3 is 1. The molecule has 0 aromatic heterocycles. The highest BCUT2D eigenvalue weighted by molar-refractivity contribution is 5.76. The smallest absolute Gasteiger partial charge is 0.221 e. The SMILES string of the molecule is COc1ccccc1C1(CNC2CCCNC(=O)C2)CCCC1. The molecule has 126 valence electrons. The van der Waals surface area contributed by atoms with E-state index < -0.39 is 0 Å². The van der Waals surface area contributed by atoms with Crippen molar-refractivity contribution in [2.75, 3.05) is 20.2 Å². The van der Waals surface area contributed by atoms with Crippen LogP contribution in [-0.2, 0) is 10.2 Å². The number of benzene rings is 1. The van der Waals surface area contributed by atoms with Crippen molar-refractivity contribution in [3.8, 4) is 5.75 Å². The molecule has 2 fully saturated rings. The molecule has 4 nitrogen and oxygen atoms in total. The number of rotatable bonds is 5. The first-order valence-corrected chi connectivity index (χ1v) is 8.87. The van der Waals surface area contributed by atoms with Gasteiger partial charge in [0.1, 0.15) is 5.75 Å². The Morgan fingerprint density at radius 3 is 2.83 bits per heavy atom. The first kappa shape index (κ1) is 16.3. The molecule has 3 rings (SSSR count). The molecule has 1 amide bonds. The van der Waals surface area contributed by atoms with Crippen molar-refractivity contribution in [1.29, 1.82) is 0 Å². The Morgan fingerprint density at radius 1 is 1.26 bits per heavy atom. The molecule has 1 heterocycles. The first-order valence-electron chi connectivity index (χ1n) is 8.87. The molecule has 1 aromatic rings. The van der Waals surface area contributed by atoms with E-state index in [4.69, 9.17) is 4.74 Å². The molecule has 23 heavy (non-hydrogen) atoms. The third kappa shape index (κ3) is 3.69. The first-order chi connectivity index (χ1) is 11.2. The van der Waals surface area contributed by atoms with Gasteiger partial charge in [0.15, 0.2) is 0 Å². The Kier molecular flexibility index (Phi) is 5.21. The lowest BCUT2D eigenvalue weighted by Crippen LogP contribution is -2.42. The van der Waals surface area contributed by atoms with E-state index in [1.165, 1.54) is 31.2 Å². The van der Waals surface area contributed by atoms with Gasteiger partial charge in [0.05, 0.1) is 7.11 Å². The maximum absolute atomic E-state index is 11.8. The van der Waals surface area contributed by atoms with Crippen molar-refractivity contribution in [3.05, 3.63) is 29.8 Å². The predicted octanol–water partition coefficient (Wildman–Crippen LogP) is 2.77. The van der Waals surface area contributed by atoms with E-state index in [1.807, 2.05) is 6.07 Å². The van der Waals surface area contributed by atoms with Crippen LogP contribution in [0.5, 0.6) is 5.75 Å². The number of carbonyl (C=O) groups excluding carboxylic acids is 1. The van der Waals surface area contributed by atoms with Crippen LogP contribution in [0.3, 0.4) is 0 Å². The summed E-state index contributed by atoms with van der Waals surface area (Å²) in [6, 6.07) is 8.72. The van der Waals surface area contributed by atoms with E-state index in [0.29, 0.717) is 12.5 Å². The predicted molar refractivity (Wildman–Crippen MR) is 91.8 cm³/mol. The normalized spacial score (nSPS) is 24.0. The number of hydrogen-bond acceptors (Lipinski definition) is 3. The maximum atomic E-state index is 11.8. The topological polar surface area (TPSA) is 50.4 Å². The van der Waals surface area contributed by atoms with E-state index >= 15 is 0 Å². The molecule has 4 heteroatoms. The molecular formula is C19H28N2O2. The Labute approximate surface area is 139 Å². The number of hydrogen-bond donors (Lipinski definition) is 2. The highest BCUT2D eigenvalue weighted by Crippen LogP contribution is 2.44. The molecule has 1 saturated heterocycles. The van der Waals surface area contributed by atoms with Crippen molar-refractivity contribution < 1.29 is 9.53 Å². The number of carbonyl (C=O) groups is 1. The van der Waals surface area contributed by atoms with Crippen LogP contribution in [0, 0.1) is 0 Å². The number of nitrogens with one attached hydrogen (secondary N) is 2. The molecule has 2 aliphatic rings. The Hall–Kier alpha value is -1.55. The summed E-state index contributed by atoms with van der Waals surface area (Å²) in [4.78, 5) is 11.8. The van der Waals surface area contributed by atoms with Gasteiger partial charge in [-0.25, -0.2) is 0 Å². The van der Waals surface area contributed by atoms with Crippen molar-refractivity contribution in [2.45, 2.75) is 56.4 Å². The van der Waals surface area contributed by atoms with Crippen LogP contribution in [-0.4, -0.2) is 32.1 Å². The fraction of sp³-hybridized carbons (Fsp3) is 0.632. The van der Waals surface area contributed by atoms with Gasteiger partial charge in [-0.3, -0.25) is 4.79 Å². The van der Waals surface area contributed by atoms with Crippen molar-refractivity contribution in [2.24, 2.45) is 0 Å². The van der Waals surface area contributed by atoms with Gasteiger partial charge in [-0.15, -0.1) is 0 Å². The molecule has 1 aliphatic heterocycles. The van der Waals surface area contributed by atoms with E-state index in [9.17, 15) is 4.79 Å². The fourth-order valence-corrected chi connectivity index (χ4v) is 4.16. The summed E-state index contributed by atoms with van der Waals surface area (Å²) in [5.41, 5.74) is 1.47. The minimum absolute atomic E-state index is 0.148. The van der Waals surface area contributed by atoms with Crippen LogP contribution >= 0.6 is 0 Å². The summed E-state index contributed by atoms with van der Waals surface area (Å²) in [6.07, 6.45) is 7.65. The van der Waals surface area contributed by atoms with E-state index in [1.54, 1.807) is 7.11 Å². The van der Waals surface area contributed by atoms with Crippen molar-refractivity contribution in [1.82, 2.24) is 10.6 Å². The zero-order valence-corrected chi connectivity index (χ0v) is 14.1. The Bertz CT molecular complexity index is 538. The van der Waals surface area contributed by atoms with Gasteiger partial charge in [-0.2, -0.15) is 0 Å². The molecule has 0 radical (unpaired) electrons. The second-order valence-corrected chi connectivity index (χ2v) is 6.96.